The van der Waals surface area contributed by atoms with Crippen LogP contribution >= 0.6 is 0 Å². The van der Waals surface area contributed by atoms with Crippen molar-refractivity contribution < 1.29 is 14.3 Å². The molecule has 9 heteroatoms. The van der Waals surface area contributed by atoms with Gasteiger partial charge in [0.25, 0.3) is 11.8 Å². The molecule has 5 heterocycles. The molecule has 2 aliphatic rings. The van der Waals surface area contributed by atoms with E-state index in [9.17, 15) is 9.59 Å². The molecule has 2 saturated heterocycles. The normalized spacial score (nSPS) is 17.5. The number of amides is 2. The Balaban J connectivity index is 1.24. The molecule has 0 aliphatic carbocycles. The fraction of sp³-hybridized carbons (Fsp3) is 0.458. The Morgan fingerprint density at radius 2 is 1.73 bits per heavy atom. The third kappa shape index (κ3) is 4.20. The molecular formula is C24H28N6O3. The highest BCUT2D eigenvalue weighted by molar-refractivity contribution is 5.95. The van der Waals surface area contributed by atoms with Gasteiger partial charge >= 0.3 is 0 Å². The van der Waals surface area contributed by atoms with Gasteiger partial charge in [0.1, 0.15) is 17.2 Å². The summed E-state index contributed by atoms with van der Waals surface area (Å²) in [6.45, 7) is 7.44. The molecule has 2 fully saturated rings. The van der Waals surface area contributed by atoms with Crippen LogP contribution in [0.15, 0.2) is 30.7 Å². The predicted octanol–water partition coefficient (Wildman–Crippen LogP) is 2.23. The van der Waals surface area contributed by atoms with Gasteiger partial charge in [-0.3, -0.25) is 9.59 Å². The number of hydrogen-bond acceptors (Lipinski definition) is 6. The van der Waals surface area contributed by atoms with E-state index in [1.54, 1.807) is 17.3 Å². The summed E-state index contributed by atoms with van der Waals surface area (Å²) in [5.74, 6) is 0.843. The Kier molecular flexibility index (Phi) is 5.80. The first-order valence-corrected chi connectivity index (χ1v) is 11.5. The maximum absolute atomic E-state index is 13.0. The van der Waals surface area contributed by atoms with Crippen molar-refractivity contribution in [2.24, 2.45) is 0 Å². The highest BCUT2D eigenvalue weighted by Gasteiger charge is 2.28. The standard InChI is InChI=1S/C24H28N6O3/c1-16-4-3-7-30-15-20(27-22(16)30)24(32)28-8-5-18(6-9-28)21-25-14-19(17(2)26-21)23(31)29-10-12-33-13-11-29/h3-4,7,14-15,18H,5-6,8-13H2,1-2H3. The van der Waals surface area contributed by atoms with Crippen molar-refractivity contribution in [3.05, 3.63) is 59.1 Å². The van der Waals surface area contributed by atoms with E-state index in [1.165, 1.54) is 0 Å². The average molecular weight is 449 g/mol. The smallest absolute Gasteiger partial charge is 0.274 e. The number of fused-ring (bicyclic) bond motifs is 1. The second kappa shape index (κ2) is 8.90. The number of nitrogens with zero attached hydrogens (tertiary/aromatic N) is 6. The maximum atomic E-state index is 13.0. The van der Waals surface area contributed by atoms with Crippen LogP contribution in [0.4, 0.5) is 0 Å². The molecule has 0 spiro atoms. The number of ether oxygens (including phenoxy) is 1. The Hall–Kier alpha value is -3.33. The number of carbonyl (C=O) groups is 2. The first kappa shape index (κ1) is 21.5. The van der Waals surface area contributed by atoms with Gasteiger partial charge in [-0.15, -0.1) is 0 Å². The molecule has 0 bridgehead atoms. The topological polar surface area (TPSA) is 92.9 Å². The zero-order valence-electron chi connectivity index (χ0n) is 19.0. The van der Waals surface area contributed by atoms with E-state index < -0.39 is 0 Å². The quantitative estimate of drug-likeness (QED) is 0.610. The third-order valence-electron chi connectivity index (χ3n) is 6.57. The SMILES string of the molecule is Cc1nc(C2CCN(C(=O)c3cn4cccc(C)c4n3)CC2)ncc1C(=O)N1CCOCC1. The summed E-state index contributed by atoms with van der Waals surface area (Å²) in [7, 11) is 0. The molecule has 0 N–H and O–H groups in total. The molecule has 2 amide bonds. The average Bonchev–Trinajstić information content (AvgIpc) is 3.30. The highest BCUT2D eigenvalue weighted by Crippen LogP contribution is 2.27. The van der Waals surface area contributed by atoms with Gasteiger partial charge in [-0.2, -0.15) is 0 Å². The second-order valence-electron chi connectivity index (χ2n) is 8.75. The van der Waals surface area contributed by atoms with Gasteiger partial charge in [0, 0.05) is 50.7 Å². The molecule has 5 rings (SSSR count). The fourth-order valence-corrected chi connectivity index (χ4v) is 4.59. The van der Waals surface area contributed by atoms with Crippen LogP contribution in [0.2, 0.25) is 0 Å². The van der Waals surface area contributed by atoms with E-state index in [2.05, 4.69) is 15.0 Å². The van der Waals surface area contributed by atoms with Crippen LogP contribution in [-0.2, 0) is 4.74 Å². The van der Waals surface area contributed by atoms with Crippen molar-refractivity contribution >= 4 is 17.5 Å². The van der Waals surface area contributed by atoms with E-state index in [0.29, 0.717) is 56.3 Å². The van der Waals surface area contributed by atoms with Crippen LogP contribution in [0.5, 0.6) is 0 Å². The number of piperidine rings is 1. The van der Waals surface area contributed by atoms with Gasteiger partial charge in [-0.1, -0.05) is 6.07 Å². The minimum atomic E-state index is -0.0416. The van der Waals surface area contributed by atoms with E-state index in [4.69, 9.17) is 4.74 Å². The van der Waals surface area contributed by atoms with Gasteiger partial charge in [0.2, 0.25) is 0 Å². The predicted molar refractivity (Wildman–Crippen MR) is 121 cm³/mol. The molecule has 0 unspecified atom stereocenters. The number of carbonyl (C=O) groups excluding carboxylic acids is 2. The summed E-state index contributed by atoms with van der Waals surface area (Å²) in [4.78, 5) is 43.2. The van der Waals surface area contributed by atoms with Gasteiger partial charge in [0.15, 0.2) is 0 Å². The molecule has 172 valence electrons. The summed E-state index contributed by atoms with van der Waals surface area (Å²) in [6.07, 6.45) is 6.94. The lowest BCUT2D eigenvalue weighted by atomic mass is 9.95. The lowest BCUT2D eigenvalue weighted by Gasteiger charge is -2.31. The van der Waals surface area contributed by atoms with E-state index in [-0.39, 0.29) is 17.7 Å². The highest BCUT2D eigenvalue weighted by atomic mass is 16.5. The molecule has 9 nitrogen and oxygen atoms in total. The van der Waals surface area contributed by atoms with Crippen LogP contribution in [-0.4, -0.2) is 80.4 Å². The molecule has 0 atom stereocenters. The first-order chi connectivity index (χ1) is 16.0. The molecule has 2 aliphatic heterocycles. The van der Waals surface area contributed by atoms with Crippen molar-refractivity contribution in [1.29, 1.82) is 0 Å². The van der Waals surface area contributed by atoms with Gasteiger partial charge in [-0.05, 0) is 38.3 Å². The summed E-state index contributed by atoms with van der Waals surface area (Å²) < 4.78 is 7.22. The van der Waals surface area contributed by atoms with Gasteiger partial charge in [-0.25, -0.2) is 15.0 Å². The minimum absolute atomic E-state index is 0.0366. The second-order valence-corrected chi connectivity index (χ2v) is 8.75. The molecule has 0 saturated carbocycles. The summed E-state index contributed by atoms with van der Waals surface area (Å²) in [5.41, 5.74) is 3.58. The number of likely N-dealkylation sites (tertiary alicyclic amines) is 1. The molecule has 3 aromatic rings. The zero-order chi connectivity index (χ0) is 22.9. The summed E-state index contributed by atoms with van der Waals surface area (Å²) in [6, 6.07) is 3.94. The number of aryl methyl sites for hydroxylation is 2. The van der Waals surface area contributed by atoms with Crippen LogP contribution in [0.1, 0.15) is 56.7 Å². The van der Waals surface area contributed by atoms with Gasteiger partial charge in [0.05, 0.1) is 24.5 Å². The number of morpholine rings is 1. The number of rotatable bonds is 3. The Morgan fingerprint density at radius 3 is 2.42 bits per heavy atom. The lowest BCUT2D eigenvalue weighted by Crippen LogP contribution is -2.41. The monoisotopic (exact) mass is 448 g/mol. The number of pyridine rings is 1. The molecule has 0 radical (unpaired) electrons. The fourth-order valence-electron chi connectivity index (χ4n) is 4.59. The van der Waals surface area contributed by atoms with Crippen LogP contribution in [0.25, 0.3) is 5.65 Å². The summed E-state index contributed by atoms with van der Waals surface area (Å²) >= 11 is 0. The summed E-state index contributed by atoms with van der Waals surface area (Å²) in [5, 5.41) is 0. The maximum Gasteiger partial charge on any atom is 0.274 e. The van der Waals surface area contributed by atoms with E-state index in [1.807, 2.05) is 41.5 Å². The minimum Gasteiger partial charge on any atom is -0.378 e. The van der Waals surface area contributed by atoms with Crippen molar-refractivity contribution in [3.8, 4) is 0 Å². The van der Waals surface area contributed by atoms with Crippen LogP contribution in [0, 0.1) is 13.8 Å². The molecule has 3 aromatic heterocycles. The Labute approximate surface area is 192 Å². The molecular weight excluding hydrogens is 420 g/mol. The van der Waals surface area contributed by atoms with Crippen molar-refractivity contribution in [3.63, 3.8) is 0 Å². The molecule has 33 heavy (non-hydrogen) atoms. The largest absolute Gasteiger partial charge is 0.378 e. The van der Waals surface area contributed by atoms with E-state index >= 15 is 0 Å². The van der Waals surface area contributed by atoms with Crippen molar-refractivity contribution in [1.82, 2.24) is 29.2 Å². The number of hydrogen-bond donors (Lipinski definition) is 0. The Bertz CT molecular complexity index is 1190. The first-order valence-electron chi connectivity index (χ1n) is 11.5. The molecule has 0 aromatic carbocycles. The van der Waals surface area contributed by atoms with Crippen LogP contribution < -0.4 is 0 Å². The number of aromatic nitrogens is 4. The Morgan fingerprint density at radius 1 is 1.00 bits per heavy atom. The van der Waals surface area contributed by atoms with Crippen LogP contribution in [0.3, 0.4) is 0 Å². The van der Waals surface area contributed by atoms with Crippen molar-refractivity contribution in [2.45, 2.75) is 32.6 Å². The lowest BCUT2D eigenvalue weighted by molar-refractivity contribution is 0.0301. The number of imidazole rings is 1. The van der Waals surface area contributed by atoms with E-state index in [0.717, 1.165) is 29.9 Å². The third-order valence-corrected chi connectivity index (χ3v) is 6.57. The van der Waals surface area contributed by atoms with Gasteiger partial charge < -0.3 is 18.9 Å². The zero-order valence-corrected chi connectivity index (χ0v) is 19.0. The van der Waals surface area contributed by atoms with Crippen molar-refractivity contribution in [2.75, 3.05) is 39.4 Å².